The lowest BCUT2D eigenvalue weighted by molar-refractivity contribution is -0.350. The number of hydrogen-bond acceptors (Lipinski definition) is 7. The minimum Gasteiger partial charge on any atom is -0.743 e. The third-order valence-electron chi connectivity index (χ3n) is 4.22. The number of esters is 1. The Balaban J connectivity index is 5.70. The van der Waals surface area contributed by atoms with Crippen molar-refractivity contribution in [3.8, 4) is 0 Å². The molecular formula is C17H23F7NO7S-. The molecule has 16 heteroatoms. The summed E-state index contributed by atoms with van der Waals surface area (Å²) in [5, 5.41) is -5.95. The minimum absolute atomic E-state index is 0.258. The number of carbonyl (C=O) groups is 2. The van der Waals surface area contributed by atoms with Gasteiger partial charge in [0.25, 0.3) is 0 Å². The van der Waals surface area contributed by atoms with E-state index >= 15 is 0 Å². The lowest BCUT2D eigenvalue weighted by Gasteiger charge is -2.36. The highest BCUT2D eigenvalue weighted by atomic mass is 32.2. The number of halogens is 7. The highest BCUT2D eigenvalue weighted by Gasteiger charge is 2.67. The number of rotatable bonds is 13. The van der Waals surface area contributed by atoms with Crippen LogP contribution in [0.3, 0.4) is 0 Å². The molecule has 8 nitrogen and oxygen atoms in total. The first-order valence-corrected chi connectivity index (χ1v) is 10.7. The standard InChI is InChI=1S/C17H24F7NO7S/c1-5-25(6-2)13(27)15(16(20,21)22,32-12(26)11(3)4)31-10-8-7-9-14(18,19)17(23,24)33(28,29)30/h3,5-10H2,1-2,4H3,(H,28,29,30)/p-1. The maximum atomic E-state index is 13.9. The van der Waals surface area contributed by atoms with Crippen molar-refractivity contribution in [2.24, 2.45) is 0 Å². The Bertz CT molecular complexity index is 826. The average molecular weight is 518 g/mol. The lowest BCUT2D eigenvalue weighted by atomic mass is 10.1. The van der Waals surface area contributed by atoms with Crippen LogP contribution in [0, 0.1) is 0 Å². The molecule has 0 saturated carbocycles. The summed E-state index contributed by atoms with van der Waals surface area (Å²) in [6.07, 6.45) is -9.43. The van der Waals surface area contributed by atoms with Crippen molar-refractivity contribution in [1.29, 1.82) is 0 Å². The van der Waals surface area contributed by atoms with Crippen molar-refractivity contribution in [1.82, 2.24) is 4.90 Å². The molecule has 0 saturated heterocycles. The molecule has 0 aliphatic rings. The molecule has 0 aromatic rings. The van der Waals surface area contributed by atoms with Crippen molar-refractivity contribution in [2.45, 2.75) is 63.2 Å². The van der Waals surface area contributed by atoms with Crippen molar-refractivity contribution in [3.05, 3.63) is 12.2 Å². The molecule has 0 N–H and O–H groups in total. The Kier molecular flexibility index (Phi) is 10.3. The molecule has 0 radical (unpaired) electrons. The molecule has 0 bridgehead atoms. The normalized spacial score (nSPS) is 15.0. The predicted octanol–water partition coefficient (Wildman–Crippen LogP) is 3.19. The van der Waals surface area contributed by atoms with Crippen LogP contribution >= 0.6 is 0 Å². The van der Waals surface area contributed by atoms with Crippen LogP contribution in [0.25, 0.3) is 0 Å². The van der Waals surface area contributed by atoms with E-state index in [2.05, 4.69) is 16.1 Å². The number of amides is 1. The maximum Gasteiger partial charge on any atom is 0.466 e. The quantitative estimate of drug-likeness (QED) is 0.0919. The maximum absolute atomic E-state index is 13.9. The van der Waals surface area contributed by atoms with Gasteiger partial charge in [-0.3, -0.25) is 4.79 Å². The number of ether oxygens (including phenoxy) is 2. The van der Waals surface area contributed by atoms with E-state index in [1.807, 2.05) is 0 Å². The highest BCUT2D eigenvalue weighted by Crippen LogP contribution is 2.42. The molecule has 1 atom stereocenters. The first-order valence-electron chi connectivity index (χ1n) is 9.31. The summed E-state index contributed by atoms with van der Waals surface area (Å²) in [6, 6.07) is 0. The van der Waals surface area contributed by atoms with Gasteiger partial charge in [0.2, 0.25) is 0 Å². The Hall–Kier alpha value is -1.94. The van der Waals surface area contributed by atoms with E-state index in [9.17, 15) is 53.3 Å². The number of hydrogen-bond donors (Lipinski definition) is 0. The van der Waals surface area contributed by atoms with E-state index in [0.717, 1.165) is 6.92 Å². The molecule has 0 aromatic carbocycles. The second-order valence-corrected chi connectivity index (χ2v) is 8.16. The molecule has 0 heterocycles. The molecule has 0 aromatic heterocycles. The fourth-order valence-corrected chi connectivity index (χ4v) is 2.79. The Morgan fingerprint density at radius 1 is 1.00 bits per heavy atom. The summed E-state index contributed by atoms with van der Waals surface area (Å²) >= 11 is 0. The Morgan fingerprint density at radius 3 is 1.85 bits per heavy atom. The van der Waals surface area contributed by atoms with Crippen LogP contribution in [0.5, 0.6) is 0 Å². The van der Waals surface area contributed by atoms with Gasteiger partial charge >= 0.3 is 35.0 Å². The number of carbonyl (C=O) groups excluding carboxylic acids is 2. The van der Waals surface area contributed by atoms with Crippen LogP contribution in [-0.4, -0.2) is 72.6 Å². The first-order chi connectivity index (χ1) is 14.7. The van der Waals surface area contributed by atoms with Gasteiger partial charge in [0.1, 0.15) is 0 Å². The molecule has 1 amide bonds. The molecule has 0 fully saturated rings. The van der Waals surface area contributed by atoms with E-state index in [0.29, 0.717) is 4.90 Å². The zero-order chi connectivity index (χ0) is 26.5. The monoisotopic (exact) mass is 518 g/mol. The minimum atomic E-state index is -6.72. The number of nitrogens with zero attached hydrogens (tertiary/aromatic N) is 1. The summed E-state index contributed by atoms with van der Waals surface area (Å²) in [5.41, 5.74) is -0.528. The lowest BCUT2D eigenvalue weighted by Crippen LogP contribution is -2.62. The summed E-state index contributed by atoms with van der Waals surface area (Å²) in [5.74, 6) is -13.0. The van der Waals surface area contributed by atoms with Gasteiger partial charge in [-0.1, -0.05) is 6.58 Å². The first kappa shape index (κ1) is 31.1. The SMILES string of the molecule is C=C(C)C(=O)OC(OCCCCC(F)(F)C(F)(F)S(=O)(=O)[O-])(C(=O)N(CC)CC)C(F)(F)F. The Morgan fingerprint density at radius 2 is 1.48 bits per heavy atom. The van der Waals surface area contributed by atoms with E-state index in [-0.39, 0.29) is 13.1 Å². The molecule has 33 heavy (non-hydrogen) atoms. The number of likely N-dealkylation sites (N-methyl/N-ethyl adjacent to an activating group) is 1. The zero-order valence-corrected chi connectivity index (χ0v) is 18.6. The van der Waals surface area contributed by atoms with Gasteiger partial charge in [0, 0.05) is 25.1 Å². The topological polar surface area (TPSA) is 113 Å². The fraction of sp³-hybridized carbons (Fsp3) is 0.765. The van der Waals surface area contributed by atoms with Gasteiger partial charge < -0.3 is 18.9 Å². The third kappa shape index (κ3) is 7.02. The highest BCUT2D eigenvalue weighted by molar-refractivity contribution is 7.86. The smallest absolute Gasteiger partial charge is 0.466 e. The van der Waals surface area contributed by atoms with Crippen LogP contribution in [0.2, 0.25) is 0 Å². The van der Waals surface area contributed by atoms with Crippen molar-refractivity contribution in [2.75, 3.05) is 19.7 Å². The van der Waals surface area contributed by atoms with E-state index < -0.39 is 76.6 Å². The predicted molar refractivity (Wildman–Crippen MR) is 97.0 cm³/mol. The average Bonchev–Trinajstić information content (AvgIpc) is 2.65. The van der Waals surface area contributed by atoms with E-state index in [1.54, 1.807) is 0 Å². The van der Waals surface area contributed by atoms with Crippen LogP contribution < -0.4 is 0 Å². The van der Waals surface area contributed by atoms with Gasteiger partial charge in [-0.25, -0.2) is 13.2 Å². The van der Waals surface area contributed by atoms with Crippen molar-refractivity contribution < 1.29 is 62.8 Å². The van der Waals surface area contributed by atoms with Gasteiger partial charge in [-0.2, -0.15) is 30.7 Å². The second kappa shape index (κ2) is 11.0. The van der Waals surface area contributed by atoms with E-state index in [4.69, 9.17) is 0 Å². The number of alkyl halides is 7. The largest absolute Gasteiger partial charge is 0.743 e. The zero-order valence-electron chi connectivity index (χ0n) is 17.8. The van der Waals surface area contributed by atoms with Crippen molar-refractivity contribution in [3.63, 3.8) is 0 Å². The molecule has 0 aliphatic carbocycles. The van der Waals surface area contributed by atoms with Crippen LogP contribution in [0.4, 0.5) is 30.7 Å². The molecule has 194 valence electrons. The summed E-state index contributed by atoms with van der Waals surface area (Å²) in [4.78, 5) is 25.0. The van der Waals surface area contributed by atoms with E-state index in [1.165, 1.54) is 13.8 Å². The Labute approximate surface area is 185 Å². The molecule has 1 unspecified atom stereocenters. The van der Waals surface area contributed by atoms with Crippen molar-refractivity contribution >= 4 is 22.0 Å². The number of unbranched alkanes of at least 4 members (excludes halogenated alkanes) is 1. The van der Waals surface area contributed by atoms with Gasteiger partial charge in [0.05, 0.1) is 6.61 Å². The van der Waals surface area contributed by atoms with Crippen LogP contribution in [0.15, 0.2) is 12.2 Å². The molecular weight excluding hydrogens is 495 g/mol. The summed E-state index contributed by atoms with van der Waals surface area (Å²) < 4.78 is 135. The van der Waals surface area contributed by atoms with Crippen LogP contribution in [0.1, 0.15) is 40.0 Å². The molecule has 0 spiro atoms. The van der Waals surface area contributed by atoms with Gasteiger partial charge in [-0.15, -0.1) is 0 Å². The second-order valence-electron chi connectivity index (χ2n) is 6.74. The third-order valence-corrected chi connectivity index (χ3v) is 5.15. The molecule has 0 aliphatic heterocycles. The summed E-state index contributed by atoms with van der Waals surface area (Å²) in [7, 11) is -6.72. The van der Waals surface area contributed by atoms with Crippen LogP contribution in [-0.2, 0) is 29.2 Å². The molecule has 0 rings (SSSR count). The van der Waals surface area contributed by atoms with Gasteiger partial charge in [-0.05, 0) is 33.6 Å². The summed E-state index contributed by atoms with van der Waals surface area (Å²) in [6.45, 7) is 5.00. The fourth-order valence-electron chi connectivity index (χ4n) is 2.33. The van der Waals surface area contributed by atoms with Gasteiger partial charge in [0.15, 0.2) is 10.1 Å².